The molecule has 0 atom stereocenters. The van der Waals surface area contributed by atoms with E-state index in [-0.39, 0.29) is 5.82 Å². The lowest BCUT2D eigenvalue weighted by Gasteiger charge is -2.08. The third kappa shape index (κ3) is 1.90. The number of aromatic nitrogens is 4. The maximum atomic E-state index is 13.8. The second-order valence-electron chi connectivity index (χ2n) is 4.92. The average Bonchev–Trinajstić information content (AvgIpc) is 2.95. The summed E-state index contributed by atoms with van der Waals surface area (Å²) in [6, 6.07) is 5.08. The van der Waals surface area contributed by atoms with Gasteiger partial charge < -0.3 is 9.13 Å². The molecule has 1 aromatic carbocycles. The van der Waals surface area contributed by atoms with E-state index in [1.54, 1.807) is 12.4 Å². The van der Waals surface area contributed by atoms with E-state index in [0.717, 1.165) is 29.3 Å². The van der Waals surface area contributed by atoms with Crippen molar-refractivity contribution in [3.05, 3.63) is 47.6 Å². The fraction of sp³-hybridized carbons (Fsp3) is 0.333. The highest BCUT2D eigenvalue weighted by atomic mass is 19.1. The van der Waals surface area contributed by atoms with E-state index in [9.17, 15) is 4.39 Å². The van der Waals surface area contributed by atoms with Crippen LogP contribution in [0.5, 0.6) is 0 Å². The molecule has 3 rings (SSSR count). The van der Waals surface area contributed by atoms with Crippen LogP contribution in [0.1, 0.15) is 24.1 Å². The molecule has 2 aromatic heterocycles. The predicted octanol–water partition coefficient (Wildman–Crippen LogP) is 3.06. The van der Waals surface area contributed by atoms with E-state index in [1.807, 2.05) is 36.0 Å². The van der Waals surface area contributed by atoms with Crippen molar-refractivity contribution < 1.29 is 4.39 Å². The molecular formula is C15H17FN4. The van der Waals surface area contributed by atoms with Crippen LogP contribution in [0.4, 0.5) is 4.39 Å². The number of nitrogens with zero attached hydrogens (tertiary/aromatic N) is 4. The first-order chi connectivity index (χ1) is 9.61. The summed E-state index contributed by atoms with van der Waals surface area (Å²) >= 11 is 0. The molecule has 0 aliphatic rings. The van der Waals surface area contributed by atoms with Crippen molar-refractivity contribution >= 4 is 11.0 Å². The van der Waals surface area contributed by atoms with E-state index in [1.165, 1.54) is 6.07 Å². The summed E-state index contributed by atoms with van der Waals surface area (Å²) in [5.74, 6) is 0.586. The molecular weight excluding hydrogens is 255 g/mol. The molecule has 0 unspecified atom stereocenters. The van der Waals surface area contributed by atoms with E-state index < -0.39 is 0 Å². The number of imidazole rings is 2. The summed E-state index contributed by atoms with van der Waals surface area (Å²) < 4.78 is 17.9. The summed E-state index contributed by atoms with van der Waals surface area (Å²) in [4.78, 5) is 8.76. The first kappa shape index (κ1) is 12.8. The normalized spacial score (nSPS) is 11.4. The molecule has 0 spiro atoms. The SMILES string of the molecule is CCn1c(Cn2cnc(C)c2C)nc2c(F)cccc21. The van der Waals surface area contributed by atoms with Crippen LogP contribution < -0.4 is 0 Å². The third-order valence-corrected chi connectivity index (χ3v) is 3.78. The molecule has 0 saturated heterocycles. The highest BCUT2D eigenvalue weighted by Crippen LogP contribution is 2.20. The smallest absolute Gasteiger partial charge is 0.151 e. The van der Waals surface area contributed by atoms with Gasteiger partial charge in [-0.15, -0.1) is 0 Å². The van der Waals surface area contributed by atoms with E-state index in [2.05, 4.69) is 9.97 Å². The van der Waals surface area contributed by atoms with Gasteiger partial charge in [0, 0.05) is 12.2 Å². The largest absolute Gasteiger partial charge is 0.327 e. The zero-order valence-electron chi connectivity index (χ0n) is 11.9. The highest BCUT2D eigenvalue weighted by Gasteiger charge is 2.14. The van der Waals surface area contributed by atoms with Gasteiger partial charge in [-0.1, -0.05) is 6.07 Å². The van der Waals surface area contributed by atoms with Gasteiger partial charge in [0.1, 0.15) is 11.3 Å². The quantitative estimate of drug-likeness (QED) is 0.734. The summed E-state index contributed by atoms with van der Waals surface area (Å²) in [6.45, 7) is 7.42. The van der Waals surface area contributed by atoms with Crippen LogP contribution in [-0.2, 0) is 13.1 Å². The highest BCUT2D eigenvalue weighted by molar-refractivity contribution is 5.76. The van der Waals surface area contributed by atoms with Crippen molar-refractivity contribution in [1.29, 1.82) is 0 Å². The Hall–Kier alpha value is -2.17. The Bertz CT molecular complexity index is 770. The number of hydrogen-bond acceptors (Lipinski definition) is 2. The van der Waals surface area contributed by atoms with Gasteiger partial charge >= 0.3 is 0 Å². The topological polar surface area (TPSA) is 35.6 Å². The first-order valence-corrected chi connectivity index (χ1v) is 6.73. The third-order valence-electron chi connectivity index (χ3n) is 3.78. The number of fused-ring (bicyclic) bond motifs is 1. The molecule has 0 saturated carbocycles. The standard InChI is InChI=1S/C15H17FN4/c1-4-20-13-7-5-6-12(16)15(13)18-14(20)8-19-9-17-10(2)11(19)3/h5-7,9H,4,8H2,1-3H3. The van der Waals surface area contributed by atoms with Crippen LogP contribution in [0.3, 0.4) is 0 Å². The van der Waals surface area contributed by atoms with Gasteiger partial charge in [0.25, 0.3) is 0 Å². The van der Waals surface area contributed by atoms with Crippen molar-refractivity contribution in [1.82, 2.24) is 19.1 Å². The van der Waals surface area contributed by atoms with Gasteiger partial charge in [0.2, 0.25) is 0 Å². The maximum absolute atomic E-state index is 13.8. The average molecular weight is 272 g/mol. The minimum absolute atomic E-state index is 0.269. The van der Waals surface area contributed by atoms with Gasteiger partial charge in [-0.05, 0) is 32.9 Å². The molecule has 0 aliphatic heterocycles. The fourth-order valence-corrected chi connectivity index (χ4v) is 2.49. The van der Waals surface area contributed by atoms with Crippen molar-refractivity contribution in [3.63, 3.8) is 0 Å². The zero-order chi connectivity index (χ0) is 14.3. The van der Waals surface area contributed by atoms with Crippen molar-refractivity contribution in [2.24, 2.45) is 0 Å². The minimum Gasteiger partial charge on any atom is -0.327 e. The van der Waals surface area contributed by atoms with Gasteiger partial charge in [0.15, 0.2) is 5.82 Å². The van der Waals surface area contributed by atoms with Crippen molar-refractivity contribution in [2.45, 2.75) is 33.9 Å². The molecule has 0 aliphatic carbocycles. The molecule has 104 valence electrons. The number of rotatable bonds is 3. The molecule has 3 aromatic rings. The second-order valence-corrected chi connectivity index (χ2v) is 4.92. The second kappa shape index (κ2) is 4.74. The maximum Gasteiger partial charge on any atom is 0.151 e. The van der Waals surface area contributed by atoms with Crippen LogP contribution in [0, 0.1) is 19.7 Å². The molecule has 0 amide bonds. The molecule has 20 heavy (non-hydrogen) atoms. The lowest BCUT2D eigenvalue weighted by atomic mass is 10.3. The van der Waals surface area contributed by atoms with Crippen LogP contribution >= 0.6 is 0 Å². The molecule has 5 heteroatoms. The van der Waals surface area contributed by atoms with Crippen LogP contribution in [0.2, 0.25) is 0 Å². The minimum atomic E-state index is -0.269. The Balaban J connectivity index is 2.11. The number of hydrogen-bond donors (Lipinski definition) is 0. The number of aryl methyl sites for hydroxylation is 2. The number of halogens is 1. The Morgan fingerprint density at radius 1 is 1.25 bits per heavy atom. The lowest BCUT2D eigenvalue weighted by molar-refractivity contribution is 0.636. The predicted molar refractivity (Wildman–Crippen MR) is 76.2 cm³/mol. The summed E-state index contributed by atoms with van der Waals surface area (Å²) in [7, 11) is 0. The fourth-order valence-electron chi connectivity index (χ4n) is 2.49. The monoisotopic (exact) mass is 272 g/mol. The Morgan fingerprint density at radius 2 is 2.05 bits per heavy atom. The van der Waals surface area contributed by atoms with Crippen molar-refractivity contribution in [3.8, 4) is 0 Å². The lowest BCUT2D eigenvalue weighted by Crippen LogP contribution is -2.08. The summed E-state index contributed by atoms with van der Waals surface area (Å²) in [5, 5.41) is 0. The summed E-state index contributed by atoms with van der Waals surface area (Å²) in [6.07, 6.45) is 1.81. The zero-order valence-corrected chi connectivity index (χ0v) is 11.9. The molecule has 0 fully saturated rings. The number of para-hydroxylation sites is 1. The van der Waals surface area contributed by atoms with Crippen LogP contribution in [0.15, 0.2) is 24.5 Å². The Labute approximate surface area is 116 Å². The molecule has 4 nitrogen and oxygen atoms in total. The molecule has 0 radical (unpaired) electrons. The molecule has 0 N–H and O–H groups in total. The number of benzene rings is 1. The molecule has 0 bridgehead atoms. The Morgan fingerprint density at radius 3 is 2.70 bits per heavy atom. The summed E-state index contributed by atoms with van der Waals surface area (Å²) in [5.41, 5.74) is 3.41. The molecule has 2 heterocycles. The van der Waals surface area contributed by atoms with Crippen LogP contribution in [0.25, 0.3) is 11.0 Å². The first-order valence-electron chi connectivity index (χ1n) is 6.73. The van der Waals surface area contributed by atoms with Gasteiger partial charge in [-0.2, -0.15) is 0 Å². The van der Waals surface area contributed by atoms with Crippen LogP contribution in [-0.4, -0.2) is 19.1 Å². The van der Waals surface area contributed by atoms with Gasteiger partial charge in [-0.25, -0.2) is 14.4 Å². The van der Waals surface area contributed by atoms with E-state index >= 15 is 0 Å². The van der Waals surface area contributed by atoms with Gasteiger partial charge in [-0.3, -0.25) is 0 Å². The Kier molecular flexibility index (Phi) is 3.04. The van der Waals surface area contributed by atoms with E-state index in [4.69, 9.17) is 0 Å². The van der Waals surface area contributed by atoms with E-state index in [0.29, 0.717) is 12.1 Å². The van der Waals surface area contributed by atoms with Gasteiger partial charge in [0.05, 0.1) is 24.1 Å². The van der Waals surface area contributed by atoms with Crippen molar-refractivity contribution in [2.75, 3.05) is 0 Å².